The second-order valence-corrected chi connectivity index (χ2v) is 5.64. The fourth-order valence-corrected chi connectivity index (χ4v) is 2.72. The SMILES string of the molecule is O=C(NCC(O)C1CCCCC1)C(=O)Nc1cccc(F)c1. The Hall–Kier alpha value is -1.95. The molecule has 6 heteroatoms. The maximum atomic E-state index is 13.0. The third-order valence-corrected chi connectivity index (χ3v) is 3.95. The van der Waals surface area contributed by atoms with Crippen molar-refractivity contribution in [3.05, 3.63) is 30.1 Å². The lowest BCUT2D eigenvalue weighted by molar-refractivity contribution is -0.136. The minimum Gasteiger partial charge on any atom is -0.391 e. The first-order chi connectivity index (χ1) is 10.6. The Morgan fingerprint density at radius 2 is 1.95 bits per heavy atom. The van der Waals surface area contributed by atoms with Crippen LogP contribution in [0.15, 0.2) is 24.3 Å². The van der Waals surface area contributed by atoms with Crippen molar-refractivity contribution in [3.8, 4) is 0 Å². The van der Waals surface area contributed by atoms with E-state index in [-0.39, 0.29) is 18.2 Å². The van der Waals surface area contributed by atoms with Crippen LogP contribution in [0.4, 0.5) is 10.1 Å². The summed E-state index contributed by atoms with van der Waals surface area (Å²) in [4.78, 5) is 23.4. The number of aliphatic hydroxyl groups excluding tert-OH is 1. The molecular weight excluding hydrogens is 287 g/mol. The summed E-state index contributed by atoms with van der Waals surface area (Å²) in [7, 11) is 0. The normalized spacial score (nSPS) is 16.8. The third-order valence-electron chi connectivity index (χ3n) is 3.95. The number of amides is 2. The summed E-state index contributed by atoms with van der Waals surface area (Å²) in [6, 6.07) is 5.30. The van der Waals surface area contributed by atoms with Crippen molar-refractivity contribution in [1.29, 1.82) is 0 Å². The van der Waals surface area contributed by atoms with E-state index in [9.17, 15) is 19.1 Å². The number of nitrogens with one attached hydrogen (secondary N) is 2. The molecule has 0 heterocycles. The van der Waals surface area contributed by atoms with Crippen LogP contribution in [0.5, 0.6) is 0 Å². The molecule has 1 saturated carbocycles. The molecule has 22 heavy (non-hydrogen) atoms. The molecule has 0 spiro atoms. The molecule has 0 aromatic heterocycles. The number of benzene rings is 1. The monoisotopic (exact) mass is 308 g/mol. The number of hydrogen-bond acceptors (Lipinski definition) is 3. The van der Waals surface area contributed by atoms with Crippen LogP contribution in [0.1, 0.15) is 32.1 Å². The molecule has 3 N–H and O–H groups in total. The largest absolute Gasteiger partial charge is 0.391 e. The average molecular weight is 308 g/mol. The van der Waals surface area contributed by atoms with Gasteiger partial charge >= 0.3 is 11.8 Å². The van der Waals surface area contributed by atoms with Crippen LogP contribution >= 0.6 is 0 Å². The van der Waals surface area contributed by atoms with Crippen molar-refractivity contribution in [2.24, 2.45) is 5.92 Å². The summed E-state index contributed by atoms with van der Waals surface area (Å²) in [6.45, 7) is 0.0556. The Kier molecular flexibility index (Phi) is 5.89. The molecule has 120 valence electrons. The first kappa shape index (κ1) is 16.4. The fraction of sp³-hybridized carbons (Fsp3) is 0.500. The quantitative estimate of drug-likeness (QED) is 0.742. The molecule has 5 nitrogen and oxygen atoms in total. The van der Waals surface area contributed by atoms with Gasteiger partial charge in [0.2, 0.25) is 0 Å². The molecule has 2 amide bonds. The standard InChI is InChI=1S/C16H21FN2O3/c17-12-7-4-8-13(9-12)19-16(22)15(21)18-10-14(20)11-5-2-1-3-6-11/h4,7-9,11,14,20H,1-3,5-6,10H2,(H,18,21)(H,19,22). The smallest absolute Gasteiger partial charge is 0.313 e. The van der Waals surface area contributed by atoms with Crippen LogP contribution in [-0.2, 0) is 9.59 Å². The minimum atomic E-state index is -0.874. The Balaban J connectivity index is 1.77. The van der Waals surface area contributed by atoms with Crippen molar-refractivity contribution in [2.45, 2.75) is 38.2 Å². The Bertz CT molecular complexity index is 530. The van der Waals surface area contributed by atoms with Crippen molar-refractivity contribution in [1.82, 2.24) is 5.32 Å². The minimum absolute atomic E-state index is 0.0556. The van der Waals surface area contributed by atoms with Crippen LogP contribution in [-0.4, -0.2) is 29.6 Å². The van der Waals surface area contributed by atoms with Crippen LogP contribution in [0.2, 0.25) is 0 Å². The molecule has 0 aliphatic heterocycles. The highest BCUT2D eigenvalue weighted by atomic mass is 19.1. The van der Waals surface area contributed by atoms with Gasteiger partial charge in [-0.05, 0) is 37.0 Å². The van der Waals surface area contributed by atoms with Gasteiger partial charge in [0.1, 0.15) is 5.82 Å². The Morgan fingerprint density at radius 3 is 2.64 bits per heavy atom. The fourth-order valence-electron chi connectivity index (χ4n) is 2.72. The molecule has 1 aliphatic carbocycles. The maximum absolute atomic E-state index is 13.0. The lowest BCUT2D eigenvalue weighted by atomic mass is 9.85. The zero-order valence-electron chi connectivity index (χ0n) is 12.3. The first-order valence-electron chi connectivity index (χ1n) is 7.59. The summed E-state index contributed by atoms with van der Waals surface area (Å²) in [5.41, 5.74) is 0.216. The molecule has 0 radical (unpaired) electrons. The number of halogens is 1. The summed E-state index contributed by atoms with van der Waals surface area (Å²) in [5, 5.41) is 14.8. The summed E-state index contributed by atoms with van der Waals surface area (Å²) in [5.74, 6) is -2.02. The van der Waals surface area contributed by atoms with Gasteiger partial charge in [0.05, 0.1) is 6.10 Å². The van der Waals surface area contributed by atoms with Gasteiger partial charge in [-0.25, -0.2) is 4.39 Å². The number of rotatable bonds is 4. The average Bonchev–Trinajstić information content (AvgIpc) is 2.53. The van der Waals surface area contributed by atoms with Crippen molar-refractivity contribution >= 4 is 17.5 Å². The van der Waals surface area contributed by atoms with Crippen molar-refractivity contribution in [2.75, 3.05) is 11.9 Å². The molecule has 1 aliphatic rings. The molecule has 1 fully saturated rings. The van der Waals surface area contributed by atoms with Gasteiger partial charge in [-0.2, -0.15) is 0 Å². The maximum Gasteiger partial charge on any atom is 0.313 e. The van der Waals surface area contributed by atoms with E-state index in [1.807, 2.05) is 0 Å². The predicted molar refractivity (Wildman–Crippen MR) is 80.6 cm³/mol. The van der Waals surface area contributed by atoms with Crippen LogP contribution < -0.4 is 10.6 Å². The highest BCUT2D eigenvalue weighted by Gasteiger charge is 2.23. The Labute approximate surface area is 128 Å². The van der Waals surface area contributed by atoms with Gasteiger partial charge in [-0.15, -0.1) is 0 Å². The summed E-state index contributed by atoms with van der Waals surface area (Å²) >= 11 is 0. The zero-order chi connectivity index (χ0) is 15.9. The number of anilines is 1. The third kappa shape index (κ3) is 4.80. The molecule has 1 unspecified atom stereocenters. The molecular formula is C16H21FN2O3. The van der Waals surface area contributed by atoms with Gasteiger partial charge in [0, 0.05) is 12.2 Å². The van der Waals surface area contributed by atoms with E-state index < -0.39 is 23.7 Å². The van der Waals surface area contributed by atoms with E-state index in [2.05, 4.69) is 10.6 Å². The topological polar surface area (TPSA) is 78.4 Å². The Morgan fingerprint density at radius 1 is 1.23 bits per heavy atom. The zero-order valence-corrected chi connectivity index (χ0v) is 12.3. The van der Waals surface area contributed by atoms with Crippen molar-refractivity contribution < 1.29 is 19.1 Å². The highest BCUT2D eigenvalue weighted by Crippen LogP contribution is 2.26. The second-order valence-electron chi connectivity index (χ2n) is 5.64. The summed E-state index contributed by atoms with van der Waals surface area (Å²) < 4.78 is 13.0. The molecule has 0 saturated heterocycles. The van der Waals surface area contributed by atoms with Crippen molar-refractivity contribution in [3.63, 3.8) is 0 Å². The van der Waals surface area contributed by atoms with Gasteiger partial charge in [-0.1, -0.05) is 25.3 Å². The van der Waals surface area contributed by atoms with Crippen LogP contribution in [0, 0.1) is 11.7 Å². The number of hydrogen-bond donors (Lipinski definition) is 3. The van der Waals surface area contributed by atoms with Crippen LogP contribution in [0.3, 0.4) is 0 Å². The molecule has 1 atom stereocenters. The molecule has 1 aromatic rings. The van der Waals surface area contributed by atoms with Gasteiger partial charge in [-0.3, -0.25) is 9.59 Å². The van der Waals surface area contributed by atoms with Crippen LogP contribution in [0.25, 0.3) is 0 Å². The van der Waals surface area contributed by atoms with Gasteiger partial charge < -0.3 is 15.7 Å². The van der Waals surface area contributed by atoms with E-state index in [1.165, 1.54) is 24.6 Å². The molecule has 0 bridgehead atoms. The van der Waals surface area contributed by atoms with E-state index >= 15 is 0 Å². The number of aliphatic hydroxyl groups is 1. The van der Waals surface area contributed by atoms with E-state index in [1.54, 1.807) is 0 Å². The predicted octanol–water partition coefficient (Wildman–Crippen LogP) is 1.82. The van der Waals surface area contributed by atoms with Gasteiger partial charge in [0.15, 0.2) is 0 Å². The van der Waals surface area contributed by atoms with E-state index in [0.717, 1.165) is 31.7 Å². The summed E-state index contributed by atoms with van der Waals surface area (Å²) in [6.07, 6.45) is 4.64. The first-order valence-corrected chi connectivity index (χ1v) is 7.59. The van der Waals surface area contributed by atoms with E-state index in [0.29, 0.717) is 0 Å². The van der Waals surface area contributed by atoms with Gasteiger partial charge in [0.25, 0.3) is 0 Å². The lowest BCUT2D eigenvalue weighted by Crippen LogP contribution is -2.42. The highest BCUT2D eigenvalue weighted by molar-refractivity contribution is 6.39. The second kappa shape index (κ2) is 7.89. The molecule has 2 rings (SSSR count). The molecule has 1 aromatic carbocycles. The van der Waals surface area contributed by atoms with E-state index in [4.69, 9.17) is 0 Å². The lowest BCUT2D eigenvalue weighted by Gasteiger charge is -2.26. The number of carbonyl (C=O) groups is 2. The number of carbonyl (C=O) groups excluding carboxylic acids is 2.